The van der Waals surface area contributed by atoms with Gasteiger partial charge in [-0.3, -0.25) is 9.59 Å². The van der Waals surface area contributed by atoms with Gasteiger partial charge >= 0.3 is 12.1 Å². The molecule has 1 unspecified atom stereocenters. The van der Waals surface area contributed by atoms with E-state index < -0.39 is 40.4 Å². The molecule has 0 aliphatic carbocycles. The normalized spacial score (nSPS) is 12.1. The molecule has 0 bridgehead atoms. The van der Waals surface area contributed by atoms with Crippen LogP contribution >= 0.6 is 0 Å². The number of nitrogens with one attached hydrogen (secondary N) is 2. The molecule has 2 amide bonds. The van der Waals surface area contributed by atoms with Gasteiger partial charge < -0.3 is 20.1 Å². The summed E-state index contributed by atoms with van der Waals surface area (Å²) in [5.41, 5.74) is 0.756. The summed E-state index contributed by atoms with van der Waals surface area (Å²) in [5, 5.41) is 4.66. The molecule has 1 aromatic carbocycles. The molecule has 1 aromatic rings. The van der Waals surface area contributed by atoms with Crippen molar-refractivity contribution < 1.29 is 32.3 Å². The fourth-order valence-electron chi connectivity index (χ4n) is 2.09. The SMILES string of the molecule is CC(C)OC(=O)CNC(=O)C(CCS(C)(=O)=O)NC(=O)OCc1ccccc1. The van der Waals surface area contributed by atoms with Crippen molar-refractivity contribution >= 4 is 27.8 Å². The van der Waals surface area contributed by atoms with Crippen molar-refractivity contribution in [1.29, 1.82) is 0 Å². The third-order valence-electron chi connectivity index (χ3n) is 3.37. The number of rotatable bonds is 10. The molecule has 9 nitrogen and oxygen atoms in total. The number of amides is 2. The molecule has 0 saturated heterocycles. The maximum absolute atomic E-state index is 12.3. The first-order chi connectivity index (χ1) is 13.1. The number of esters is 1. The molecule has 0 aliphatic heterocycles. The molecular weight excluding hydrogens is 388 g/mol. The average Bonchev–Trinajstić information content (AvgIpc) is 2.61. The van der Waals surface area contributed by atoms with Crippen LogP contribution in [0.1, 0.15) is 25.8 Å². The van der Waals surface area contributed by atoms with E-state index in [1.54, 1.807) is 38.1 Å². The zero-order valence-electron chi connectivity index (χ0n) is 16.1. The molecule has 10 heteroatoms. The highest BCUT2D eigenvalue weighted by molar-refractivity contribution is 7.90. The van der Waals surface area contributed by atoms with Gasteiger partial charge in [-0.2, -0.15) is 0 Å². The van der Waals surface area contributed by atoms with Gasteiger partial charge in [-0.05, 0) is 25.8 Å². The van der Waals surface area contributed by atoms with Gasteiger partial charge in [0.15, 0.2) is 0 Å². The maximum Gasteiger partial charge on any atom is 0.408 e. The van der Waals surface area contributed by atoms with Gasteiger partial charge in [0.05, 0.1) is 11.9 Å². The minimum atomic E-state index is -3.35. The fourth-order valence-corrected chi connectivity index (χ4v) is 2.76. The van der Waals surface area contributed by atoms with Gasteiger partial charge in [-0.15, -0.1) is 0 Å². The van der Waals surface area contributed by atoms with E-state index in [9.17, 15) is 22.8 Å². The number of hydrogen-bond donors (Lipinski definition) is 2. The first-order valence-electron chi connectivity index (χ1n) is 8.69. The van der Waals surface area contributed by atoms with Gasteiger partial charge in [-0.1, -0.05) is 30.3 Å². The molecule has 0 heterocycles. The van der Waals surface area contributed by atoms with Crippen LogP contribution in [-0.2, 0) is 35.5 Å². The molecule has 28 heavy (non-hydrogen) atoms. The summed E-state index contributed by atoms with van der Waals surface area (Å²) in [4.78, 5) is 35.8. The summed E-state index contributed by atoms with van der Waals surface area (Å²) in [6.45, 7) is 2.93. The standard InChI is InChI=1S/C18H26N2O7S/c1-13(2)27-16(21)11-19-17(22)15(9-10-28(3,24)25)20-18(23)26-12-14-7-5-4-6-8-14/h4-8,13,15H,9-12H2,1-3H3,(H,19,22)(H,20,23). The molecule has 2 N–H and O–H groups in total. The second-order valence-corrected chi connectivity index (χ2v) is 8.69. The third kappa shape index (κ3) is 10.5. The molecule has 1 atom stereocenters. The van der Waals surface area contributed by atoms with Crippen LogP contribution in [0.15, 0.2) is 30.3 Å². The van der Waals surface area contributed by atoms with Crippen LogP contribution < -0.4 is 10.6 Å². The van der Waals surface area contributed by atoms with Crippen molar-refractivity contribution in [3.63, 3.8) is 0 Å². The summed E-state index contributed by atoms with van der Waals surface area (Å²) < 4.78 is 32.7. The zero-order valence-corrected chi connectivity index (χ0v) is 17.0. The van der Waals surface area contributed by atoms with E-state index in [-0.39, 0.29) is 24.9 Å². The Balaban J connectivity index is 2.63. The van der Waals surface area contributed by atoms with Gasteiger partial charge in [0.25, 0.3) is 0 Å². The number of ether oxygens (including phenoxy) is 2. The molecule has 0 aromatic heterocycles. The highest BCUT2D eigenvalue weighted by atomic mass is 32.2. The van der Waals surface area contributed by atoms with E-state index in [0.29, 0.717) is 0 Å². The van der Waals surface area contributed by atoms with Crippen molar-refractivity contribution in [2.45, 2.75) is 39.0 Å². The Hall–Kier alpha value is -2.62. The Kier molecular flexibility index (Phi) is 9.43. The van der Waals surface area contributed by atoms with E-state index in [1.807, 2.05) is 6.07 Å². The number of carbonyl (C=O) groups excluding carboxylic acids is 3. The van der Waals surface area contributed by atoms with Gasteiger partial charge in [0, 0.05) is 6.26 Å². The second kappa shape index (κ2) is 11.3. The number of carbonyl (C=O) groups is 3. The third-order valence-corrected chi connectivity index (χ3v) is 4.35. The molecular formula is C18H26N2O7S. The van der Waals surface area contributed by atoms with E-state index >= 15 is 0 Å². The van der Waals surface area contributed by atoms with Crippen molar-refractivity contribution in [1.82, 2.24) is 10.6 Å². The lowest BCUT2D eigenvalue weighted by molar-refractivity contribution is -0.147. The van der Waals surface area contributed by atoms with Crippen molar-refractivity contribution in [3.05, 3.63) is 35.9 Å². The summed E-state index contributed by atoms with van der Waals surface area (Å²) in [7, 11) is -3.35. The minimum Gasteiger partial charge on any atom is -0.462 e. The van der Waals surface area contributed by atoms with Crippen LogP contribution in [0.5, 0.6) is 0 Å². The summed E-state index contributed by atoms with van der Waals surface area (Å²) in [6.07, 6.45) is -0.348. The molecule has 1 rings (SSSR count). The summed E-state index contributed by atoms with van der Waals surface area (Å²) in [5.74, 6) is -1.67. The Morgan fingerprint density at radius 2 is 1.75 bits per heavy atom. The lowest BCUT2D eigenvalue weighted by Crippen LogP contribution is -2.49. The maximum atomic E-state index is 12.3. The number of benzene rings is 1. The Labute approximate surface area is 164 Å². The quantitative estimate of drug-likeness (QED) is 0.542. The van der Waals surface area contributed by atoms with Crippen LogP contribution in [-0.4, -0.2) is 57.1 Å². The van der Waals surface area contributed by atoms with E-state index in [1.165, 1.54) is 0 Å². The first kappa shape index (κ1) is 23.4. The zero-order chi connectivity index (χ0) is 21.2. The molecule has 0 aliphatic rings. The van der Waals surface area contributed by atoms with Crippen molar-refractivity contribution in [2.24, 2.45) is 0 Å². The minimum absolute atomic E-state index is 0.00615. The van der Waals surface area contributed by atoms with E-state index in [2.05, 4.69) is 10.6 Å². The lowest BCUT2D eigenvalue weighted by atomic mass is 10.2. The van der Waals surface area contributed by atoms with Crippen LogP contribution in [0.3, 0.4) is 0 Å². The van der Waals surface area contributed by atoms with Crippen molar-refractivity contribution in [2.75, 3.05) is 18.6 Å². The Morgan fingerprint density at radius 1 is 1.11 bits per heavy atom. The smallest absolute Gasteiger partial charge is 0.408 e. The monoisotopic (exact) mass is 414 g/mol. The summed E-state index contributed by atoms with van der Waals surface area (Å²) >= 11 is 0. The highest BCUT2D eigenvalue weighted by Gasteiger charge is 2.24. The lowest BCUT2D eigenvalue weighted by Gasteiger charge is -2.18. The predicted molar refractivity (Wildman–Crippen MR) is 102 cm³/mol. The molecule has 156 valence electrons. The van der Waals surface area contributed by atoms with E-state index in [0.717, 1.165) is 11.8 Å². The Morgan fingerprint density at radius 3 is 2.32 bits per heavy atom. The highest BCUT2D eigenvalue weighted by Crippen LogP contribution is 2.03. The molecule has 0 fully saturated rings. The van der Waals surface area contributed by atoms with E-state index in [4.69, 9.17) is 9.47 Å². The van der Waals surface area contributed by atoms with Crippen LogP contribution in [0.2, 0.25) is 0 Å². The number of hydrogen-bond acceptors (Lipinski definition) is 7. The first-order valence-corrected chi connectivity index (χ1v) is 10.7. The average molecular weight is 414 g/mol. The van der Waals surface area contributed by atoms with Crippen LogP contribution in [0.4, 0.5) is 4.79 Å². The Bertz CT molecular complexity index is 763. The van der Waals surface area contributed by atoms with Gasteiger partial charge in [0.2, 0.25) is 5.91 Å². The van der Waals surface area contributed by atoms with Crippen LogP contribution in [0, 0.1) is 0 Å². The van der Waals surface area contributed by atoms with Gasteiger partial charge in [0.1, 0.15) is 29.0 Å². The predicted octanol–water partition coefficient (Wildman–Crippen LogP) is 0.784. The molecule has 0 spiro atoms. The summed E-state index contributed by atoms with van der Waals surface area (Å²) in [6, 6.07) is 7.75. The fraction of sp³-hybridized carbons (Fsp3) is 0.500. The molecule has 0 radical (unpaired) electrons. The largest absolute Gasteiger partial charge is 0.462 e. The van der Waals surface area contributed by atoms with Crippen LogP contribution in [0.25, 0.3) is 0 Å². The number of sulfone groups is 1. The molecule has 0 saturated carbocycles. The number of alkyl carbamates (subject to hydrolysis) is 1. The van der Waals surface area contributed by atoms with Crippen molar-refractivity contribution in [3.8, 4) is 0 Å². The second-order valence-electron chi connectivity index (χ2n) is 6.43. The van der Waals surface area contributed by atoms with Gasteiger partial charge in [-0.25, -0.2) is 13.2 Å². The topological polar surface area (TPSA) is 128 Å².